The lowest BCUT2D eigenvalue weighted by Gasteiger charge is -2.40. The molecule has 1 aliphatic rings. The smallest absolute Gasteiger partial charge is 0.220 e. The molecule has 7 atom stereocenters. The summed E-state index contributed by atoms with van der Waals surface area (Å²) in [7, 11) is 0. The number of hydrogen-bond acceptors (Lipinski definition) is 8. The van der Waals surface area contributed by atoms with Crippen molar-refractivity contribution in [1.29, 1.82) is 0 Å². The van der Waals surface area contributed by atoms with E-state index in [1.165, 1.54) is 148 Å². The SMILES string of the molecule is CCCCCCC/C=C\C/C=C\C/C=C\CCCCCCCCC(=O)NC(COC1OC(CO)C(O)C(O)C1O)C(O)CCCCCCCCCCCCCCCCCCCC. The van der Waals surface area contributed by atoms with E-state index in [1.54, 1.807) is 0 Å². The van der Waals surface area contributed by atoms with Crippen LogP contribution in [0.3, 0.4) is 0 Å². The molecule has 1 saturated heterocycles. The van der Waals surface area contributed by atoms with Crippen LogP contribution in [0.2, 0.25) is 0 Å². The lowest BCUT2D eigenvalue weighted by Crippen LogP contribution is -2.60. The first-order valence-corrected chi connectivity index (χ1v) is 26.2. The average Bonchev–Trinajstić information content (AvgIpc) is 3.27. The van der Waals surface area contributed by atoms with Gasteiger partial charge in [0.05, 0.1) is 25.4 Å². The number of carbonyl (C=O) groups is 1. The maximum Gasteiger partial charge on any atom is 0.220 e. The second-order valence-corrected chi connectivity index (χ2v) is 18.3. The summed E-state index contributed by atoms with van der Waals surface area (Å²) in [5.74, 6) is -0.155. The molecule has 9 nitrogen and oxygen atoms in total. The van der Waals surface area contributed by atoms with Crippen LogP contribution in [-0.2, 0) is 14.3 Å². The minimum Gasteiger partial charge on any atom is -0.394 e. The van der Waals surface area contributed by atoms with Crippen molar-refractivity contribution < 1.29 is 39.8 Å². The third-order valence-electron chi connectivity index (χ3n) is 12.5. The highest BCUT2D eigenvalue weighted by Crippen LogP contribution is 2.23. The quantitative estimate of drug-likeness (QED) is 0.0262. The summed E-state index contributed by atoms with van der Waals surface area (Å²) in [6.07, 6.45) is 47.2. The van der Waals surface area contributed by atoms with Gasteiger partial charge < -0.3 is 40.3 Å². The molecule has 7 unspecified atom stereocenters. The van der Waals surface area contributed by atoms with Crippen LogP contribution in [0.5, 0.6) is 0 Å². The van der Waals surface area contributed by atoms with E-state index in [0.29, 0.717) is 12.8 Å². The van der Waals surface area contributed by atoms with E-state index in [9.17, 15) is 30.3 Å². The van der Waals surface area contributed by atoms with Crippen molar-refractivity contribution in [2.45, 2.75) is 281 Å². The van der Waals surface area contributed by atoms with Gasteiger partial charge in [0.25, 0.3) is 0 Å². The van der Waals surface area contributed by atoms with Crippen molar-refractivity contribution in [2.24, 2.45) is 0 Å². The largest absolute Gasteiger partial charge is 0.394 e. The molecule has 0 aromatic rings. The third-order valence-corrected chi connectivity index (χ3v) is 12.5. The fourth-order valence-corrected chi connectivity index (χ4v) is 8.29. The second-order valence-electron chi connectivity index (χ2n) is 18.3. The third kappa shape index (κ3) is 33.0. The fraction of sp³-hybridized carbons (Fsp3) is 0.868. The highest BCUT2D eigenvalue weighted by molar-refractivity contribution is 5.76. The zero-order valence-electron chi connectivity index (χ0n) is 40.1. The Morgan fingerprint density at radius 2 is 0.952 bits per heavy atom. The minimum absolute atomic E-state index is 0.143. The van der Waals surface area contributed by atoms with Gasteiger partial charge in [-0.15, -0.1) is 0 Å². The molecule has 1 heterocycles. The Morgan fingerprint density at radius 1 is 0.548 bits per heavy atom. The molecule has 1 fully saturated rings. The molecular weight excluding hydrogens is 779 g/mol. The first kappa shape index (κ1) is 58.4. The van der Waals surface area contributed by atoms with Crippen molar-refractivity contribution in [3.05, 3.63) is 36.5 Å². The van der Waals surface area contributed by atoms with Crippen molar-refractivity contribution in [3.63, 3.8) is 0 Å². The van der Waals surface area contributed by atoms with Crippen molar-refractivity contribution in [1.82, 2.24) is 5.32 Å². The van der Waals surface area contributed by atoms with Crippen molar-refractivity contribution in [3.8, 4) is 0 Å². The number of carbonyl (C=O) groups excluding carboxylic acids is 1. The number of aliphatic hydroxyl groups excluding tert-OH is 5. The number of nitrogens with one attached hydrogen (secondary N) is 1. The number of unbranched alkanes of at least 4 members (excludes halogenated alkanes) is 28. The number of rotatable bonds is 44. The van der Waals surface area contributed by atoms with E-state index in [0.717, 1.165) is 64.2 Å². The van der Waals surface area contributed by atoms with Crippen LogP contribution in [0.15, 0.2) is 36.5 Å². The summed E-state index contributed by atoms with van der Waals surface area (Å²) in [6.45, 7) is 3.83. The summed E-state index contributed by atoms with van der Waals surface area (Å²) in [4.78, 5) is 13.0. The number of aliphatic hydroxyl groups is 5. The van der Waals surface area contributed by atoms with Crippen LogP contribution in [-0.4, -0.2) is 87.5 Å². The Morgan fingerprint density at radius 3 is 1.40 bits per heavy atom. The Balaban J connectivity index is 2.28. The van der Waals surface area contributed by atoms with Gasteiger partial charge in [-0.25, -0.2) is 0 Å². The lowest BCUT2D eigenvalue weighted by atomic mass is 9.99. The van der Waals surface area contributed by atoms with Gasteiger partial charge in [-0.05, 0) is 51.4 Å². The molecule has 0 aromatic carbocycles. The van der Waals surface area contributed by atoms with E-state index in [1.807, 2.05) is 0 Å². The fourth-order valence-electron chi connectivity index (χ4n) is 8.29. The second kappa shape index (κ2) is 43.3. The molecule has 62 heavy (non-hydrogen) atoms. The predicted octanol–water partition coefficient (Wildman–Crippen LogP) is 12.0. The maximum atomic E-state index is 13.0. The first-order chi connectivity index (χ1) is 30.3. The molecular formula is C53H99NO8. The Labute approximate surface area is 381 Å². The summed E-state index contributed by atoms with van der Waals surface area (Å²) in [6, 6.07) is -0.726. The van der Waals surface area contributed by atoms with Gasteiger partial charge in [0.15, 0.2) is 6.29 Å². The molecule has 1 rings (SSSR count). The van der Waals surface area contributed by atoms with Crippen molar-refractivity contribution in [2.75, 3.05) is 13.2 Å². The highest BCUT2D eigenvalue weighted by atomic mass is 16.7. The van der Waals surface area contributed by atoms with Crippen LogP contribution < -0.4 is 5.32 Å². The summed E-state index contributed by atoms with van der Waals surface area (Å²) in [5, 5.41) is 54.5. The maximum absolute atomic E-state index is 13.0. The van der Waals surface area contributed by atoms with E-state index in [4.69, 9.17) is 9.47 Å². The number of amides is 1. The first-order valence-electron chi connectivity index (χ1n) is 26.2. The summed E-state index contributed by atoms with van der Waals surface area (Å²) >= 11 is 0. The van der Waals surface area contributed by atoms with E-state index in [2.05, 4.69) is 55.6 Å². The highest BCUT2D eigenvalue weighted by Gasteiger charge is 2.44. The minimum atomic E-state index is -1.56. The van der Waals surface area contributed by atoms with Gasteiger partial charge in [-0.1, -0.05) is 217 Å². The van der Waals surface area contributed by atoms with Crippen LogP contribution in [0.25, 0.3) is 0 Å². The number of allylic oxidation sites excluding steroid dienone is 6. The normalized spacial score (nSPS) is 20.5. The van der Waals surface area contributed by atoms with Crippen LogP contribution in [0.4, 0.5) is 0 Å². The zero-order valence-corrected chi connectivity index (χ0v) is 40.1. The van der Waals surface area contributed by atoms with Gasteiger partial charge in [-0.3, -0.25) is 4.79 Å². The molecule has 0 radical (unpaired) electrons. The predicted molar refractivity (Wildman–Crippen MR) is 258 cm³/mol. The average molecular weight is 878 g/mol. The van der Waals surface area contributed by atoms with Gasteiger partial charge in [-0.2, -0.15) is 0 Å². The molecule has 0 aromatic heterocycles. The molecule has 364 valence electrons. The zero-order chi connectivity index (χ0) is 45.1. The summed E-state index contributed by atoms with van der Waals surface area (Å²) in [5.41, 5.74) is 0. The molecule has 1 amide bonds. The van der Waals surface area contributed by atoms with Gasteiger partial charge >= 0.3 is 0 Å². The monoisotopic (exact) mass is 878 g/mol. The molecule has 0 bridgehead atoms. The summed E-state index contributed by atoms with van der Waals surface area (Å²) < 4.78 is 11.3. The Hall–Kier alpha value is -1.59. The van der Waals surface area contributed by atoms with E-state index >= 15 is 0 Å². The van der Waals surface area contributed by atoms with Gasteiger partial charge in [0.1, 0.15) is 24.4 Å². The number of ether oxygens (including phenoxy) is 2. The standard InChI is InChI=1S/C53H99NO8/c1-3-5-7-9-11-13-15-17-19-21-23-24-25-27-29-31-33-35-37-39-41-43-49(57)54-46(45-61-53-52(60)51(59)50(58)48(44-55)62-53)47(56)42-40-38-36-34-32-30-28-26-22-20-18-16-14-12-10-8-6-4-2/h15,17,21,23,25,27,46-48,50-53,55-56,58-60H,3-14,16,18-20,22,24,26,28-45H2,1-2H3,(H,54,57)/b17-15-,23-21-,27-25-. The molecule has 1 aliphatic heterocycles. The Bertz CT molecular complexity index is 1070. The van der Waals surface area contributed by atoms with E-state index in [-0.39, 0.29) is 12.5 Å². The van der Waals surface area contributed by atoms with Crippen molar-refractivity contribution >= 4 is 5.91 Å². The Kier molecular flexibility index (Phi) is 40.8. The lowest BCUT2D eigenvalue weighted by molar-refractivity contribution is -0.302. The molecule has 0 aliphatic carbocycles. The number of hydrogen-bond donors (Lipinski definition) is 6. The van der Waals surface area contributed by atoms with Gasteiger partial charge in [0, 0.05) is 6.42 Å². The molecule has 0 spiro atoms. The topological polar surface area (TPSA) is 149 Å². The van der Waals surface area contributed by atoms with Crippen LogP contribution in [0.1, 0.15) is 239 Å². The van der Waals surface area contributed by atoms with E-state index < -0.39 is 49.5 Å². The molecule has 9 heteroatoms. The van der Waals surface area contributed by atoms with Gasteiger partial charge in [0.2, 0.25) is 5.91 Å². The molecule has 0 saturated carbocycles. The molecule has 6 N–H and O–H groups in total. The van der Waals surface area contributed by atoms with Crippen LogP contribution >= 0.6 is 0 Å². The van der Waals surface area contributed by atoms with Crippen LogP contribution in [0, 0.1) is 0 Å².